The van der Waals surface area contributed by atoms with Crippen LogP contribution < -0.4 is 10.2 Å². The van der Waals surface area contributed by atoms with Crippen LogP contribution >= 0.6 is 0 Å². The van der Waals surface area contributed by atoms with Crippen LogP contribution in [-0.4, -0.2) is 78.4 Å². The number of anilines is 1. The van der Waals surface area contributed by atoms with Crippen LogP contribution in [0.4, 0.5) is 5.69 Å². The van der Waals surface area contributed by atoms with E-state index in [2.05, 4.69) is 9.62 Å². The van der Waals surface area contributed by atoms with Gasteiger partial charge in [0.25, 0.3) is 5.91 Å². The topological polar surface area (TPSA) is 128 Å². The SMILES string of the molecule is CC(C)C(C(=O)NO)N(CCN1CCOCC1)S(=O)(=O)c1ccc(NS(=O)c2ccccc2)cc1. The van der Waals surface area contributed by atoms with Gasteiger partial charge in [0.05, 0.1) is 23.0 Å². The molecule has 3 rings (SSSR count). The molecule has 0 saturated carbocycles. The Hall–Kier alpha value is -2.35. The molecule has 1 saturated heterocycles. The fraction of sp³-hybridized carbons (Fsp3) is 0.435. The monoisotopic (exact) mass is 524 g/mol. The van der Waals surface area contributed by atoms with Crippen molar-refractivity contribution in [3.8, 4) is 0 Å². The van der Waals surface area contributed by atoms with Crippen molar-refractivity contribution >= 4 is 32.6 Å². The molecule has 12 heteroatoms. The number of hydrogen-bond donors (Lipinski definition) is 3. The number of hydrogen-bond acceptors (Lipinski definition) is 7. The number of nitrogens with one attached hydrogen (secondary N) is 2. The first-order chi connectivity index (χ1) is 16.7. The van der Waals surface area contributed by atoms with Crippen LogP contribution in [0.2, 0.25) is 0 Å². The number of carbonyl (C=O) groups is 1. The van der Waals surface area contributed by atoms with Gasteiger partial charge in [-0.15, -0.1) is 0 Å². The molecular formula is C23H32N4O6S2. The summed E-state index contributed by atoms with van der Waals surface area (Å²) in [5.74, 6) is -1.18. The number of rotatable bonds is 11. The minimum absolute atomic E-state index is 0.00749. The molecular weight excluding hydrogens is 492 g/mol. The molecule has 0 aromatic heterocycles. The predicted molar refractivity (Wildman–Crippen MR) is 133 cm³/mol. The van der Waals surface area contributed by atoms with E-state index >= 15 is 0 Å². The van der Waals surface area contributed by atoms with Crippen LogP contribution in [0.3, 0.4) is 0 Å². The van der Waals surface area contributed by atoms with Crippen molar-refractivity contribution in [1.82, 2.24) is 14.7 Å². The minimum Gasteiger partial charge on any atom is -0.379 e. The van der Waals surface area contributed by atoms with Crippen molar-refractivity contribution in [2.24, 2.45) is 5.92 Å². The summed E-state index contributed by atoms with van der Waals surface area (Å²) in [6.45, 7) is 6.41. The number of amides is 1. The zero-order valence-electron chi connectivity index (χ0n) is 19.8. The van der Waals surface area contributed by atoms with E-state index in [1.165, 1.54) is 24.3 Å². The van der Waals surface area contributed by atoms with E-state index in [0.29, 0.717) is 43.4 Å². The lowest BCUT2D eigenvalue weighted by atomic mass is 10.0. The molecule has 1 aliphatic heterocycles. The third-order valence-corrected chi connectivity index (χ3v) is 8.71. The Morgan fingerprint density at radius 3 is 2.31 bits per heavy atom. The lowest BCUT2D eigenvalue weighted by molar-refractivity contribution is -0.134. The van der Waals surface area contributed by atoms with Gasteiger partial charge >= 0.3 is 0 Å². The Balaban J connectivity index is 1.83. The number of nitrogens with zero attached hydrogens (tertiary/aromatic N) is 2. The average molecular weight is 525 g/mol. The van der Waals surface area contributed by atoms with Crippen molar-refractivity contribution in [3.05, 3.63) is 54.6 Å². The summed E-state index contributed by atoms with van der Waals surface area (Å²) in [6.07, 6.45) is 0. The molecule has 2 atom stereocenters. The van der Waals surface area contributed by atoms with Gasteiger partial charge in [-0.2, -0.15) is 4.31 Å². The Morgan fingerprint density at radius 1 is 1.11 bits per heavy atom. The van der Waals surface area contributed by atoms with Crippen LogP contribution in [-0.2, 0) is 30.5 Å². The summed E-state index contributed by atoms with van der Waals surface area (Å²) in [6, 6.07) is 13.6. The second kappa shape index (κ2) is 12.6. The molecule has 0 bridgehead atoms. The Kier molecular flexibility index (Phi) is 9.78. The Labute approximate surface area is 208 Å². The summed E-state index contributed by atoms with van der Waals surface area (Å²) >= 11 is 0. The summed E-state index contributed by atoms with van der Waals surface area (Å²) in [5, 5.41) is 9.29. The van der Waals surface area contributed by atoms with Crippen LogP contribution in [0, 0.1) is 5.92 Å². The minimum atomic E-state index is -4.10. The van der Waals surface area contributed by atoms with Crippen molar-refractivity contribution in [2.45, 2.75) is 29.7 Å². The predicted octanol–water partition coefficient (Wildman–Crippen LogP) is 1.67. The first kappa shape index (κ1) is 27.2. The van der Waals surface area contributed by atoms with E-state index in [4.69, 9.17) is 4.74 Å². The normalized spacial score (nSPS) is 16.7. The molecule has 1 amide bonds. The highest BCUT2D eigenvalue weighted by Crippen LogP contribution is 2.24. The summed E-state index contributed by atoms with van der Waals surface area (Å²) in [4.78, 5) is 15.1. The summed E-state index contributed by atoms with van der Waals surface area (Å²) in [7, 11) is -5.60. The molecule has 10 nitrogen and oxygen atoms in total. The van der Waals surface area contributed by atoms with Gasteiger partial charge in [0.2, 0.25) is 10.0 Å². The molecule has 35 heavy (non-hydrogen) atoms. The fourth-order valence-corrected chi connectivity index (χ4v) is 6.43. The van der Waals surface area contributed by atoms with Gasteiger partial charge in [-0.25, -0.2) is 18.1 Å². The lowest BCUT2D eigenvalue weighted by Gasteiger charge is -2.34. The van der Waals surface area contributed by atoms with Crippen molar-refractivity contribution in [1.29, 1.82) is 0 Å². The molecule has 1 fully saturated rings. The third kappa shape index (κ3) is 7.09. The zero-order chi connectivity index (χ0) is 25.4. The van der Waals surface area contributed by atoms with Gasteiger partial charge in [-0.05, 0) is 42.3 Å². The van der Waals surface area contributed by atoms with E-state index in [1.807, 2.05) is 6.07 Å². The van der Waals surface area contributed by atoms with Crippen LogP contribution in [0.5, 0.6) is 0 Å². The van der Waals surface area contributed by atoms with E-state index < -0.39 is 38.9 Å². The number of benzene rings is 2. The first-order valence-electron chi connectivity index (χ1n) is 11.3. The molecule has 2 aromatic rings. The van der Waals surface area contributed by atoms with Gasteiger partial charge in [-0.3, -0.25) is 14.9 Å². The largest absolute Gasteiger partial charge is 0.379 e. The number of morpholine rings is 1. The Bertz CT molecular complexity index is 1090. The van der Waals surface area contributed by atoms with Crippen LogP contribution in [0.15, 0.2) is 64.4 Å². The molecule has 3 N–H and O–H groups in total. The number of hydroxylamine groups is 1. The van der Waals surface area contributed by atoms with Crippen LogP contribution in [0.25, 0.3) is 0 Å². The highest BCUT2D eigenvalue weighted by atomic mass is 32.2. The summed E-state index contributed by atoms with van der Waals surface area (Å²) < 4.78 is 49.2. The van der Waals surface area contributed by atoms with Crippen molar-refractivity contribution in [3.63, 3.8) is 0 Å². The van der Waals surface area contributed by atoms with E-state index in [0.717, 1.165) is 4.31 Å². The van der Waals surface area contributed by atoms with Gasteiger partial charge in [0, 0.05) is 31.9 Å². The third-order valence-electron chi connectivity index (χ3n) is 5.69. The molecule has 0 spiro atoms. The van der Waals surface area contributed by atoms with Gasteiger partial charge in [0.15, 0.2) is 0 Å². The molecule has 0 aliphatic carbocycles. The fourth-order valence-electron chi connectivity index (χ4n) is 3.85. The zero-order valence-corrected chi connectivity index (χ0v) is 21.4. The Morgan fingerprint density at radius 2 is 1.74 bits per heavy atom. The smallest absolute Gasteiger partial charge is 0.262 e. The molecule has 1 aliphatic rings. The molecule has 1 heterocycles. The molecule has 192 valence electrons. The standard InChI is InChI=1S/C23H32N4O6S2/c1-18(2)22(23(28)24-29)27(13-12-26-14-16-33-17-15-26)35(31,32)21-10-8-19(9-11-21)25-34(30)20-6-4-3-5-7-20/h3-11,18,22,25,29H,12-17H2,1-2H3,(H,24,28). The lowest BCUT2D eigenvalue weighted by Crippen LogP contribution is -2.54. The van der Waals surface area contributed by atoms with Crippen molar-refractivity contribution in [2.75, 3.05) is 44.1 Å². The quantitative estimate of drug-likeness (QED) is 0.301. The first-order valence-corrected chi connectivity index (χ1v) is 13.9. The van der Waals surface area contributed by atoms with E-state index in [1.54, 1.807) is 43.6 Å². The maximum absolute atomic E-state index is 13.7. The molecule has 0 radical (unpaired) electrons. The highest BCUT2D eigenvalue weighted by molar-refractivity contribution is 7.89. The molecule has 2 aromatic carbocycles. The van der Waals surface area contributed by atoms with Crippen LogP contribution in [0.1, 0.15) is 13.8 Å². The maximum Gasteiger partial charge on any atom is 0.262 e. The average Bonchev–Trinajstić information content (AvgIpc) is 2.87. The second-order valence-electron chi connectivity index (χ2n) is 8.44. The van der Waals surface area contributed by atoms with E-state index in [-0.39, 0.29) is 11.4 Å². The van der Waals surface area contributed by atoms with Gasteiger partial charge in [-0.1, -0.05) is 32.0 Å². The number of ether oxygens (including phenoxy) is 1. The van der Waals surface area contributed by atoms with Gasteiger partial charge in [0.1, 0.15) is 17.0 Å². The second-order valence-corrected chi connectivity index (χ2v) is 11.5. The van der Waals surface area contributed by atoms with Crippen molar-refractivity contribution < 1.29 is 27.4 Å². The summed E-state index contributed by atoms with van der Waals surface area (Å²) in [5.41, 5.74) is 2.10. The maximum atomic E-state index is 13.7. The van der Waals surface area contributed by atoms with E-state index in [9.17, 15) is 22.6 Å². The number of sulfonamides is 1. The number of carbonyl (C=O) groups excluding carboxylic acids is 1. The van der Waals surface area contributed by atoms with Gasteiger partial charge < -0.3 is 9.46 Å². The molecule has 2 unspecified atom stereocenters. The highest BCUT2D eigenvalue weighted by Gasteiger charge is 2.38.